The zero-order valence-corrected chi connectivity index (χ0v) is 15.0. The second-order valence-electron chi connectivity index (χ2n) is 6.19. The van der Waals surface area contributed by atoms with E-state index in [4.69, 9.17) is 11.6 Å². The summed E-state index contributed by atoms with van der Waals surface area (Å²) in [5.74, 6) is 0.280. The summed E-state index contributed by atoms with van der Waals surface area (Å²) in [6, 6.07) is 16.9. The number of amides is 1. The van der Waals surface area contributed by atoms with E-state index in [1.165, 1.54) is 5.56 Å². The molecule has 1 aliphatic heterocycles. The van der Waals surface area contributed by atoms with Crippen molar-refractivity contribution >= 4 is 34.8 Å². The largest absolute Gasteiger partial charge is 0.324 e. The van der Waals surface area contributed by atoms with Gasteiger partial charge in [0.1, 0.15) is 5.69 Å². The van der Waals surface area contributed by atoms with E-state index in [1.54, 1.807) is 23.1 Å². The minimum atomic E-state index is -0.111. The molecule has 1 aliphatic rings. The number of benzene rings is 2. The summed E-state index contributed by atoms with van der Waals surface area (Å²) in [6.07, 6.45) is 0.863. The fourth-order valence-electron chi connectivity index (χ4n) is 3.08. The zero-order valence-electron chi connectivity index (χ0n) is 14.2. The lowest BCUT2D eigenvalue weighted by Gasteiger charge is -2.17. The summed E-state index contributed by atoms with van der Waals surface area (Å²) < 4.78 is 0. The maximum absolute atomic E-state index is 13.0. The van der Waals surface area contributed by atoms with Gasteiger partial charge in [-0.3, -0.25) is 4.79 Å². The number of aromatic nitrogens is 2. The first-order valence-electron chi connectivity index (χ1n) is 8.38. The topological polar surface area (TPSA) is 58.1 Å². The summed E-state index contributed by atoms with van der Waals surface area (Å²) >= 11 is 5.91. The highest BCUT2D eigenvalue weighted by Gasteiger charge is 2.26. The maximum atomic E-state index is 13.0. The van der Waals surface area contributed by atoms with Crippen molar-refractivity contribution in [2.24, 2.45) is 0 Å². The molecule has 0 saturated carbocycles. The van der Waals surface area contributed by atoms with Crippen LogP contribution >= 0.6 is 11.6 Å². The van der Waals surface area contributed by atoms with E-state index in [-0.39, 0.29) is 5.91 Å². The number of rotatable bonds is 3. The Kier molecular flexibility index (Phi) is 4.31. The van der Waals surface area contributed by atoms with Gasteiger partial charge < -0.3 is 10.2 Å². The Labute approximate surface area is 156 Å². The fraction of sp³-hybridized carbons (Fsp3) is 0.150. The third-order valence-electron chi connectivity index (χ3n) is 4.31. The first-order valence-corrected chi connectivity index (χ1v) is 8.76. The molecule has 1 N–H and O–H groups in total. The summed E-state index contributed by atoms with van der Waals surface area (Å²) in [6.45, 7) is 2.52. The number of fused-ring (bicyclic) bond motifs is 1. The molecule has 0 radical (unpaired) electrons. The van der Waals surface area contributed by atoms with E-state index >= 15 is 0 Å². The maximum Gasteiger partial charge on any atom is 0.277 e. The Morgan fingerprint density at radius 2 is 1.88 bits per heavy atom. The molecule has 3 aromatic rings. The normalized spacial score (nSPS) is 12.8. The number of hydrogen-bond acceptors (Lipinski definition) is 4. The number of aryl methyl sites for hydroxylation is 1. The van der Waals surface area contributed by atoms with Crippen molar-refractivity contribution in [3.05, 3.63) is 76.6 Å². The molecule has 5 nitrogen and oxygen atoms in total. The molecule has 1 aromatic heterocycles. The van der Waals surface area contributed by atoms with Gasteiger partial charge in [0.15, 0.2) is 0 Å². The van der Waals surface area contributed by atoms with Crippen molar-refractivity contribution in [3.8, 4) is 0 Å². The van der Waals surface area contributed by atoms with E-state index in [9.17, 15) is 4.79 Å². The highest BCUT2D eigenvalue weighted by Crippen LogP contribution is 2.29. The number of para-hydroxylation sites is 1. The highest BCUT2D eigenvalue weighted by molar-refractivity contribution is 6.30. The van der Waals surface area contributed by atoms with Gasteiger partial charge in [-0.1, -0.05) is 29.8 Å². The molecular weight excluding hydrogens is 348 g/mol. The van der Waals surface area contributed by atoms with E-state index < -0.39 is 0 Å². The predicted octanol–water partition coefficient (Wildman–Crippen LogP) is 4.38. The molecule has 1 amide bonds. The third-order valence-corrected chi connectivity index (χ3v) is 4.56. The average Bonchev–Trinajstić information content (AvgIpc) is 3.07. The van der Waals surface area contributed by atoms with Gasteiger partial charge in [0.25, 0.3) is 5.91 Å². The molecule has 0 aliphatic carbocycles. The number of hydrogen-bond donors (Lipinski definition) is 1. The number of nitrogens with zero attached hydrogens (tertiary/aromatic N) is 3. The molecule has 2 heterocycles. The molecule has 26 heavy (non-hydrogen) atoms. The molecule has 2 aromatic carbocycles. The van der Waals surface area contributed by atoms with Crippen LogP contribution in [0.5, 0.6) is 0 Å². The minimum Gasteiger partial charge on any atom is -0.324 e. The van der Waals surface area contributed by atoms with Crippen molar-refractivity contribution in [2.75, 3.05) is 16.8 Å². The first kappa shape index (κ1) is 16.5. The van der Waals surface area contributed by atoms with Gasteiger partial charge in [0.05, 0.1) is 0 Å². The molecule has 0 unspecified atom stereocenters. The Hall–Kier alpha value is -2.92. The SMILES string of the molecule is Cc1cc(C(=O)N2CCc3ccccc32)nc(Nc2ccc(Cl)cc2)n1. The molecular formula is C20H17ClN4O. The van der Waals surface area contributed by atoms with E-state index in [0.29, 0.717) is 23.2 Å². The molecule has 130 valence electrons. The van der Waals surface area contributed by atoms with Crippen molar-refractivity contribution in [1.29, 1.82) is 0 Å². The summed E-state index contributed by atoms with van der Waals surface area (Å²) in [4.78, 5) is 23.6. The van der Waals surface area contributed by atoms with Gasteiger partial charge in [-0.25, -0.2) is 9.97 Å². The quantitative estimate of drug-likeness (QED) is 0.749. The standard InChI is InChI=1S/C20H17ClN4O/c1-13-12-17(19(26)25-11-10-14-4-2-3-5-18(14)25)24-20(22-13)23-16-8-6-15(21)7-9-16/h2-9,12H,10-11H2,1H3,(H,22,23,24). The van der Waals surface area contributed by atoms with Crippen LogP contribution < -0.4 is 10.2 Å². The zero-order chi connectivity index (χ0) is 18.1. The number of carbonyl (C=O) groups excluding carboxylic acids is 1. The van der Waals surface area contributed by atoms with Crippen molar-refractivity contribution in [2.45, 2.75) is 13.3 Å². The van der Waals surface area contributed by atoms with E-state index in [2.05, 4.69) is 21.4 Å². The molecule has 0 bridgehead atoms. The third kappa shape index (κ3) is 3.26. The fourth-order valence-corrected chi connectivity index (χ4v) is 3.21. The van der Waals surface area contributed by atoms with Gasteiger partial charge in [-0.05, 0) is 55.3 Å². The number of anilines is 3. The Bertz CT molecular complexity index is 972. The van der Waals surface area contributed by atoms with Gasteiger partial charge in [-0.15, -0.1) is 0 Å². The van der Waals surface area contributed by atoms with Gasteiger partial charge >= 0.3 is 0 Å². The van der Waals surface area contributed by atoms with Crippen molar-refractivity contribution in [1.82, 2.24) is 9.97 Å². The van der Waals surface area contributed by atoms with Crippen LogP contribution in [-0.2, 0) is 6.42 Å². The van der Waals surface area contributed by atoms with Crippen LogP contribution in [0.15, 0.2) is 54.6 Å². The van der Waals surface area contributed by atoms with Gasteiger partial charge in [0, 0.05) is 28.6 Å². The lowest BCUT2D eigenvalue weighted by molar-refractivity contribution is 0.0984. The monoisotopic (exact) mass is 364 g/mol. The summed E-state index contributed by atoms with van der Waals surface area (Å²) in [7, 11) is 0. The molecule has 4 rings (SSSR count). The van der Waals surface area contributed by atoms with E-state index in [1.807, 2.05) is 37.3 Å². The average molecular weight is 365 g/mol. The lowest BCUT2D eigenvalue weighted by atomic mass is 10.2. The predicted molar refractivity (Wildman–Crippen MR) is 103 cm³/mol. The van der Waals surface area contributed by atoms with Gasteiger partial charge in [-0.2, -0.15) is 0 Å². The minimum absolute atomic E-state index is 0.111. The Morgan fingerprint density at radius 3 is 2.69 bits per heavy atom. The number of halogens is 1. The van der Waals surface area contributed by atoms with Crippen LogP contribution in [0, 0.1) is 6.92 Å². The van der Waals surface area contributed by atoms with Gasteiger partial charge in [0.2, 0.25) is 5.95 Å². The molecule has 0 saturated heterocycles. The second kappa shape index (κ2) is 6.77. The molecule has 6 heteroatoms. The van der Waals surface area contributed by atoms with Crippen LogP contribution in [0.1, 0.15) is 21.7 Å². The van der Waals surface area contributed by atoms with Crippen LogP contribution in [0.4, 0.5) is 17.3 Å². The van der Waals surface area contributed by atoms with Crippen LogP contribution in [0.25, 0.3) is 0 Å². The molecule has 0 spiro atoms. The summed E-state index contributed by atoms with van der Waals surface area (Å²) in [5.41, 5.74) is 4.06. The molecule has 0 atom stereocenters. The number of nitrogens with one attached hydrogen (secondary N) is 1. The molecule has 0 fully saturated rings. The summed E-state index contributed by atoms with van der Waals surface area (Å²) in [5, 5.41) is 3.78. The van der Waals surface area contributed by atoms with Crippen LogP contribution in [0.3, 0.4) is 0 Å². The van der Waals surface area contributed by atoms with Crippen LogP contribution in [0.2, 0.25) is 5.02 Å². The smallest absolute Gasteiger partial charge is 0.277 e. The first-order chi connectivity index (χ1) is 12.6. The lowest BCUT2D eigenvalue weighted by Crippen LogP contribution is -2.30. The van der Waals surface area contributed by atoms with E-state index in [0.717, 1.165) is 23.5 Å². The van der Waals surface area contributed by atoms with Crippen molar-refractivity contribution < 1.29 is 4.79 Å². The van der Waals surface area contributed by atoms with Crippen LogP contribution in [-0.4, -0.2) is 22.4 Å². The highest BCUT2D eigenvalue weighted by atomic mass is 35.5. The Balaban J connectivity index is 1.62. The number of carbonyl (C=O) groups is 1. The Morgan fingerprint density at radius 1 is 1.12 bits per heavy atom. The second-order valence-corrected chi connectivity index (χ2v) is 6.62. The van der Waals surface area contributed by atoms with Crippen molar-refractivity contribution in [3.63, 3.8) is 0 Å².